The SMILES string of the molecule is CCCCC/C=C\C=C\C(=O)CCCCCCCC(=O)O[C@H](COC(=O)CCCCCCCCC/C=C\CCCCCC)COP(=O)(O)OP(=O)(O)OC[C@H]1O[C@@H](n2ccc(N)nc2=O)[C@H](O)[C@@H]1O. The second-order valence-corrected chi connectivity index (χ2v) is 20.4. The number of nitrogens with zero attached hydrogens (tertiary/aromatic N) is 2. The van der Waals surface area contributed by atoms with Crippen LogP contribution in [0.2, 0.25) is 0 Å². The number of hydrogen-bond donors (Lipinski definition) is 5. The number of aromatic nitrogens is 2. The van der Waals surface area contributed by atoms with E-state index in [4.69, 9.17) is 29.0 Å². The Morgan fingerprint density at radius 2 is 1.26 bits per heavy atom. The van der Waals surface area contributed by atoms with E-state index in [0.29, 0.717) is 32.1 Å². The minimum Gasteiger partial charge on any atom is -0.462 e. The fourth-order valence-electron chi connectivity index (χ4n) is 7.23. The number of ketones is 1. The highest BCUT2D eigenvalue weighted by Crippen LogP contribution is 2.60. The van der Waals surface area contributed by atoms with Crippen molar-refractivity contribution in [1.82, 2.24) is 9.55 Å². The Kier molecular flexibility index (Phi) is 32.7. The topological polar surface area (TPSA) is 283 Å². The van der Waals surface area contributed by atoms with Crippen molar-refractivity contribution in [2.45, 2.75) is 205 Å². The molecule has 1 aromatic rings. The first-order valence-corrected chi connectivity index (χ1v) is 27.9. The molecular weight excluding hydrogens is 936 g/mol. The Balaban J connectivity index is 1.83. The summed E-state index contributed by atoms with van der Waals surface area (Å²) >= 11 is 0. The van der Waals surface area contributed by atoms with Gasteiger partial charge in [-0.1, -0.05) is 128 Å². The van der Waals surface area contributed by atoms with E-state index in [9.17, 15) is 48.3 Å². The third-order valence-electron chi connectivity index (χ3n) is 11.2. The lowest BCUT2D eigenvalue weighted by molar-refractivity contribution is -0.161. The van der Waals surface area contributed by atoms with Gasteiger partial charge in [-0.15, -0.1) is 0 Å². The van der Waals surface area contributed by atoms with Crippen LogP contribution in [0.5, 0.6) is 0 Å². The molecule has 1 aliphatic rings. The van der Waals surface area contributed by atoms with Crippen LogP contribution in [-0.2, 0) is 51.1 Å². The van der Waals surface area contributed by atoms with Crippen molar-refractivity contribution < 1.29 is 71.1 Å². The fraction of sp³-hybridized carbons (Fsp3) is 0.729. The molecule has 69 heavy (non-hydrogen) atoms. The summed E-state index contributed by atoms with van der Waals surface area (Å²) in [4.78, 5) is 74.0. The molecule has 2 rings (SSSR count). The molecule has 21 heteroatoms. The van der Waals surface area contributed by atoms with E-state index < -0.39 is 83.7 Å². The molecule has 0 radical (unpaired) electrons. The van der Waals surface area contributed by atoms with Crippen LogP contribution in [0, 0.1) is 0 Å². The van der Waals surface area contributed by atoms with Gasteiger partial charge in [0.2, 0.25) is 0 Å². The number of unbranched alkanes of at least 4 members (excludes halogenated alkanes) is 18. The van der Waals surface area contributed by atoms with Crippen LogP contribution in [0.3, 0.4) is 0 Å². The van der Waals surface area contributed by atoms with Crippen molar-refractivity contribution in [3.63, 3.8) is 0 Å². The number of carbonyl (C=O) groups excluding carboxylic acids is 3. The van der Waals surface area contributed by atoms with Crippen molar-refractivity contribution >= 4 is 39.2 Å². The van der Waals surface area contributed by atoms with Gasteiger partial charge in [-0.2, -0.15) is 9.29 Å². The van der Waals surface area contributed by atoms with Crippen LogP contribution in [0.1, 0.15) is 181 Å². The van der Waals surface area contributed by atoms with Crippen molar-refractivity contribution in [2.24, 2.45) is 0 Å². The summed E-state index contributed by atoms with van der Waals surface area (Å²) in [5.41, 5.74) is 4.57. The van der Waals surface area contributed by atoms with Crippen LogP contribution in [0.15, 0.2) is 53.5 Å². The molecule has 1 fully saturated rings. The lowest BCUT2D eigenvalue weighted by atomic mass is 10.1. The Bertz CT molecular complexity index is 1860. The Hall–Kier alpha value is -3.35. The van der Waals surface area contributed by atoms with E-state index in [1.807, 2.05) is 6.08 Å². The third kappa shape index (κ3) is 29.6. The number of phosphoric acid groups is 2. The summed E-state index contributed by atoms with van der Waals surface area (Å²) < 4.78 is 56.6. The second-order valence-electron chi connectivity index (χ2n) is 17.3. The van der Waals surface area contributed by atoms with E-state index in [1.54, 1.807) is 12.2 Å². The van der Waals surface area contributed by atoms with Crippen LogP contribution in [-0.4, -0.2) is 91.5 Å². The summed E-state index contributed by atoms with van der Waals surface area (Å²) in [6.45, 7) is 1.97. The molecule has 7 atom stereocenters. The molecule has 0 bridgehead atoms. The molecule has 394 valence electrons. The Morgan fingerprint density at radius 3 is 1.90 bits per heavy atom. The van der Waals surface area contributed by atoms with Crippen LogP contribution in [0.4, 0.5) is 5.82 Å². The molecule has 2 unspecified atom stereocenters. The molecular formula is C48H81N3O16P2. The molecule has 0 aliphatic carbocycles. The van der Waals surface area contributed by atoms with Gasteiger partial charge in [0.05, 0.1) is 13.2 Å². The highest BCUT2D eigenvalue weighted by atomic mass is 31.3. The van der Waals surface area contributed by atoms with Gasteiger partial charge < -0.3 is 39.9 Å². The average molecular weight is 1020 g/mol. The summed E-state index contributed by atoms with van der Waals surface area (Å²) in [5, 5.41) is 20.9. The maximum absolute atomic E-state index is 12.8. The predicted molar refractivity (Wildman–Crippen MR) is 262 cm³/mol. The first kappa shape index (κ1) is 61.8. The zero-order valence-electron chi connectivity index (χ0n) is 40.9. The van der Waals surface area contributed by atoms with Crippen LogP contribution < -0.4 is 11.4 Å². The minimum atomic E-state index is -5.45. The first-order chi connectivity index (χ1) is 33.1. The molecule has 1 aromatic heterocycles. The first-order valence-electron chi connectivity index (χ1n) is 25.0. The largest absolute Gasteiger partial charge is 0.481 e. The quantitative estimate of drug-likeness (QED) is 0.0102. The molecule has 1 saturated heterocycles. The monoisotopic (exact) mass is 1020 g/mol. The molecule has 1 aliphatic heterocycles. The number of rotatable bonds is 41. The number of carbonyl (C=O) groups is 3. The van der Waals surface area contributed by atoms with Crippen molar-refractivity contribution in [3.05, 3.63) is 59.2 Å². The number of allylic oxidation sites excluding steroid dienone is 6. The lowest BCUT2D eigenvalue weighted by Gasteiger charge is -2.21. The highest BCUT2D eigenvalue weighted by Gasteiger charge is 2.46. The van der Waals surface area contributed by atoms with Gasteiger partial charge in [-0.25, -0.2) is 13.9 Å². The molecule has 19 nitrogen and oxygen atoms in total. The molecule has 2 heterocycles. The van der Waals surface area contributed by atoms with Gasteiger partial charge in [-0.05, 0) is 69.9 Å². The van der Waals surface area contributed by atoms with Crippen molar-refractivity contribution in [2.75, 3.05) is 25.6 Å². The molecule has 0 aromatic carbocycles. The van der Waals surface area contributed by atoms with Gasteiger partial charge in [0.1, 0.15) is 30.7 Å². The number of anilines is 1. The van der Waals surface area contributed by atoms with Crippen molar-refractivity contribution in [1.29, 1.82) is 0 Å². The zero-order valence-corrected chi connectivity index (χ0v) is 42.6. The maximum atomic E-state index is 12.8. The Morgan fingerprint density at radius 1 is 0.725 bits per heavy atom. The van der Waals surface area contributed by atoms with E-state index in [1.165, 1.54) is 38.2 Å². The smallest absolute Gasteiger partial charge is 0.462 e. The maximum Gasteiger partial charge on any atom is 0.481 e. The van der Waals surface area contributed by atoms with Gasteiger partial charge >= 0.3 is 33.3 Å². The molecule has 0 amide bonds. The summed E-state index contributed by atoms with van der Waals surface area (Å²) in [6, 6.07) is 1.24. The number of nitrogen functional groups attached to an aromatic ring is 1. The Labute approximate surface area is 408 Å². The molecule has 0 saturated carbocycles. The second kappa shape index (κ2) is 36.6. The van der Waals surface area contributed by atoms with Crippen LogP contribution in [0.25, 0.3) is 0 Å². The fourth-order valence-corrected chi connectivity index (χ4v) is 9.34. The van der Waals surface area contributed by atoms with E-state index in [0.717, 1.165) is 94.2 Å². The number of hydrogen-bond acceptors (Lipinski definition) is 16. The number of ether oxygens (including phenoxy) is 3. The normalized spacial score (nSPS) is 19.6. The van der Waals surface area contributed by atoms with E-state index >= 15 is 0 Å². The van der Waals surface area contributed by atoms with Crippen molar-refractivity contribution in [3.8, 4) is 0 Å². The highest BCUT2D eigenvalue weighted by molar-refractivity contribution is 7.61. The summed E-state index contributed by atoms with van der Waals surface area (Å²) in [6.07, 6.45) is 27.6. The van der Waals surface area contributed by atoms with Gasteiger partial charge in [-0.3, -0.25) is 28.0 Å². The molecule has 6 N–H and O–H groups in total. The van der Waals surface area contributed by atoms with E-state index in [-0.39, 0.29) is 24.4 Å². The van der Waals surface area contributed by atoms with E-state index in [2.05, 4.69) is 41.4 Å². The van der Waals surface area contributed by atoms with Gasteiger partial charge in [0.25, 0.3) is 0 Å². The predicted octanol–water partition coefficient (Wildman–Crippen LogP) is 9.18. The lowest BCUT2D eigenvalue weighted by Crippen LogP contribution is -2.36. The number of esters is 2. The standard InChI is InChI=1S/C48H81N3O16P2/c1-3-5-7-9-11-12-13-14-15-16-17-18-20-24-28-32-43(53)62-36-40(65-44(54)33-29-25-21-23-27-31-39(52)30-26-22-19-10-8-6-4-2)37-63-68(58,59)67-69(60,61)64-38-41-45(55)46(56)47(66-41)51-35-34-42(49)50-48(51)57/h12-13,19,22,26,30,34-35,40-41,45-47,55-56H,3-11,14-18,20-21,23-25,27-29,31-33,36-38H2,1-2H3,(H,58,59)(H,60,61)(H2,49,50,57)/b13-12-,22-19-,30-26+/t40-,41-,45-,46-,47-/m1/s1. The number of phosphoric ester groups is 2. The summed E-state index contributed by atoms with van der Waals surface area (Å²) in [7, 11) is -10.9. The number of aliphatic hydroxyl groups excluding tert-OH is 2. The van der Waals surface area contributed by atoms with Gasteiger partial charge in [0.15, 0.2) is 18.1 Å². The number of aliphatic hydroxyl groups is 2. The third-order valence-corrected chi connectivity index (χ3v) is 13.8. The minimum absolute atomic E-state index is 0.0341. The van der Waals surface area contributed by atoms with Crippen LogP contribution >= 0.6 is 15.6 Å². The zero-order chi connectivity index (χ0) is 50.8. The molecule has 0 spiro atoms. The number of nitrogens with two attached hydrogens (primary N) is 1. The average Bonchev–Trinajstić information content (AvgIpc) is 3.58. The summed E-state index contributed by atoms with van der Waals surface area (Å²) in [5.74, 6) is -1.35. The van der Waals surface area contributed by atoms with Gasteiger partial charge in [0, 0.05) is 25.5 Å².